The summed E-state index contributed by atoms with van der Waals surface area (Å²) in [6.45, 7) is 2.12. The lowest BCUT2D eigenvalue weighted by atomic mass is 9.82. The van der Waals surface area contributed by atoms with Crippen LogP contribution in [0.2, 0.25) is 0 Å². The minimum atomic E-state index is -0.411. The predicted molar refractivity (Wildman–Crippen MR) is 111 cm³/mol. The lowest BCUT2D eigenvalue weighted by Gasteiger charge is -2.23. The molecule has 3 rings (SSSR count). The molecule has 2 unspecified atom stereocenters. The van der Waals surface area contributed by atoms with Gasteiger partial charge in [0.1, 0.15) is 6.04 Å². The zero-order valence-electron chi connectivity index (χ0n) is 16.0. The molecule has 0 fully saturated rings. The van der Waals surface area contributed by atoms with Crippen LogP contribution in [-0.2, 0) is 0 Å². The molecule has 0 saturated carbocycles. The summed E-state index contributed by atoms with van der Waals surface area (Å²) >= 11 is 0. The molecule has 3 aromatic rings. The maximum absolute atomic E-state index is 11.7. The van der Waals surface area contributed by atoms with E-state index in [4.69, 9.17) is 0 Å². The van der Waals surface area contributed by atoms with E-state index in [2.05, 4.69) is 64.4 Å². The second-order valence-corrected chi connectivity index (χ2v) is 7.03. The number of nitroso groups, excluding NO2 is 1. The summed E-state index contributed by atoms with van der Waals surface area (Å²) in [5.74, 6) is 0.0956. The van der Waals surface area contributed by atoms with E-state index in [9.17, 15) is 4.91 Å². The summed E-state index contributed by atoms with van der Waals surface area (Å²) in [6.07, 6.45) is 4.05. The van der Waals surface area contributed by atoms with Gasteiger partial charge in [-0.1, -0.05) is 41.6 Å². The van der Waals surface area contributed by atoms with E-state index < -0.39 is 6.04 Å². The Morgan fingerprint density at radius 2 is 1.59 bits per heavy atom. The molecular weight excluding hydrogens is 334 g/mol. The Morgan fingerprint density at radius 1 is 0.926 bits per heavy atom. The molecule has 27 heavy (non-hydrogen) atoms. The maximum atomic E-state index is 11.7. The summed E-state index contributed by atoms with van der Waals surface area (Å²) in [5, 5.41) is 3.44. The monoisotopic (exact) mass is 359 g/mol. The van der Waals surface area contributed by atoms with Gasteiger partial charge in [-0.2, -0.15) is 4.91 Å². The third kappa shape index (κ3) is 4.40. The average Bonchev–Trinajstić information content (AvgIpc) is 2.70. The molecule has 4 nitrogen and oxygen atoms in total. The van der Waals surface area contributed by atoms with Crippen molar-refractivity contribution in [3.8, 4) is 0 Å². The Balaban J connectivity index is 2.00. The molecule has 0 spiro atoms. The molecule has 1 aromatic heterocycles. The molecular formula is C23H25N3O. The number of aryl methyl sites for hydroxylation is 1. The first-order valence-corrected chi connectivity index (χ1v) is 9.15. The Bertz CT molecular complexity index is 876. The topological polar surface area (TPSA) is 45.6 Å². The highest BCUT2D eigenvalue weighted by molar-refractivity contribution is 5.48. The molecule has 0 aliphatic heterocycles. The maximum Gasteiger partial charge on any atom is 0.118 e. The number of nitrogens with zero attached hydrogens (tertiary/aromatic N) is 3. The van der Waals surface area contributed by atoms with Crippen molar-refractivity contribution < 1.29 is 0 Å². The molecule has 0 N–H and O–H groups in total. The van der Waals surface area contributed by atoms with Gasteiger partial charge in [0, 0.05) is 38.1 Å². The van der Waals surface area contributed by atoms with Crippen LogP contribution < -0.4 is 4.90 Å². The standard InChI is InChI=1S/C23H25N3O/c1-17-6-4-5-7-21(17)22(18-8-10-20(11-9-18)26(2)3)16-23(25-27)19-12-14-24-15-13-19/h4-15,22-23H,16H2,1-3H3. The first-order chi connectivity index (χ1) is 13.1. The van der Waals surface area contributed by atoms with Gasteiger partial charge in [0.2, 0.25) is 0 Å². The highest BCUT2D eigenvalue weighted by Gasteiger charge is 2.23. The van der Waals surface area contributed by atoms with Crippen LogP contribution >= 0.6 is 0 Å². The zero-order valence-corrected chi connectivity index (χ0v) is 16.0. The number of hydrogen-bond acceptors (Lipinski definition) is 4. The number of anilines is 1. The molecule has 0 aliphatic rings. The van der Waals surface area contributed by atoms with Crippen LogP contribution in [0.1, 0.15) is 40.6 Å². The number of aromatic nitrogens is 1. The Morgan fingerprint density at radius 3 is 2.19 bits per heavy atom. The summed E-state index contributed by atoms with van der Waals surface area (Å²) in [5.41, 5.74) is 5.71. The van der Waals surface area contributed by atoms with Crippen molar-refractivity contribution in [1.82, 2.24) is 4.98 Å². The molecule has 2 atom stereocenters. The first kappa shape index (κ1) is 18.8. The largest absolute Gasteiger partial charge is 0.378 e. The highest BCUT2D eigenvalue weighted by Crippen LogP contribution is 2.37. The fourth-order valence-corrected chi connectivity index (χ4v) is 3.47. The van der Waals surface area contributed by atoms with Crippen LogP contribution in [0.25, 0.3) is 0 Å². The summed E-state index contributed by atoms with van der Waals surface area (Å²) in [7, 11) is 4.06. The van der Waals surface area contributed by atoms with Crippen LogP contribution in [0.3, 0.4) is 0 Å². The number of benzene rings is 2. The minimum Gasteiger partial charge on any atom is -0.378 e. The van der Waals surface area contributed by atoms with Gasteiger partial charge in [0.25, 0.3) is 0 Å². The van der Waals surface area contributed by atoms with Gasteiger partial charge in [-0.25, -0.2) is 0 Å². The molecule has 0 bridgehead atoms. The van der Waals surface area contributed by atoms with Crippen molar-refractivity contribution in [2.24, 2.45) is 5.18 Å². The predicted octanol–water partition coefficient (Wildman–Crippen LogP) is 5.49. The van der Waals surface area contributed by atoms with Crippen LogP contribution in [0.5, 0.6) is 0 Å². The number of rotatable bonds is 7. The normalized spacial score (nSPS) is 13.0. The third-order valence-corrected chi connectivity index (χ3v) is 5.05. The van der Waals surface area contributed by atoms with E-state index in [1.54, 1.807) is 12.4 Å². The van der Waals surface area contributed by atoms with Gasteiger partial charge in [-0.3, -0.25) is 4.98 Å². The molecule has 138 valence electrons. The van der Waals surface area contributed by atoms with Crippen LogP contribution in [0, 0.1) is 11.8 Å². The molecule has 0 amide bonds. The quantitative estimate of drug-likeness (QED) is 0.524. The Hall–Kier alpha value is -3.01. The van der Waals surface area contributed by atoms with E-state index >= 15 is 0 Å². The van der Waals surface area contributed by atoms with E-state index in [0.717, 1.165) is 11.3 Å². The minimum absolute atomic E-state index is 0.0956. The van der Waals surface area contributed by atoms with Gasteiger partial charge >= 0.3 is 0 Å². The van der Waals surface area contributed by atoms with Crippen LogP contribution in [-0.4, -0.2) is 19.1 Å². The Kier molecular flexibility index (Phi) is 5.97. The van der Waals surface area contributed by atoms with Crippen LogP contribution in [0.4, 0.5) is 5.69 Å². The zero-order chi connectivity index (χ0) is 19.2. The second-order valence-electron chi connectivity index (χ2n) is 7.03. The van der Waals surface area contributed by atoms with Gasteiger partial charge < -0.3 is 4.90 Å². The van der Waals surface area contributed by atoms with Crippen molar-refractivity contribution in [1.29, 1.82) is 0 Å². The lowest BCUT2D eigenvalue weighted by Crippen LogP contribution is -2.10. The number of pyridine rings is 1. The third-order valence-electron chi connectivity index (χ3n) is 5.05. The van der Waals surface area contributed by atoms with Crippen molar-refractivity contribution in [2.75, 3.05) is 19.0 Å². The molecule has 4 heteroatoms. The summed E-state index contributed by atoms with van der Waals surface area (Å²) in [4.78, 5) is 17.8. The first-order valence-electron chi connectivity index (χ1n) is 9.15. The van der Waals surface area contributed by atoms with Crippen molar-refractivity contribution >= 4 is 5.69 Å². The smallest absolute Gasteiger partial charge is 0.118 e. The van der Waals surface area contributed by atoms with Gasteiger partial charge in [0.15, 0.2) is 0 Å². The van der Waals surface area contributed by atoms with E-state index in [-0.39, 0.29) is 5.92 Å². The molecule has 0 radical (unpaired) electrons. The molecule has 0 saturated heterocycles. The fraction of sp³-hybridized carbons (Fsp3) is 0.261. The van der Waals surface area contributed by atoms with Gasteiger partial charge in [0.05, 0.1) is 0 Å². The number of hydrogen-bond donors (Lipinski definition) is 0. The van der Waals surface area contributed by atoms with Crippen molar-refractivity contribution in [3.05, 3.63) is 100 Å². The van der Waals surface area contributed by atoms with Gasteiger partial charge in [-0.05, 0) is 59.9 Å². The molecule has 2 aromatic carbocycles. The molecule has 1 heterocycles. The van der Waals surface area contributed by atoms with Crippen molar-refractivity contribution in [3.63, 3.8) is 0 Å². The SMILES string of the molecule is Cc1ccccc1C(CC(N=O)c1ccncc1)c1ccc(N(C)C)cc1. The highest BCUT2D eigenvalue weighted by atomic mass is 16.3. The molecule has 0 aliphatic carbocycles. The van der Waals surface area contributed by atoms with E-state index in [1.165, 1.54) is 16.7 Å². The average molecular weight is 359 g/mol. The fourth-order valence-electron chi connectivity index (χ4n) is 3.47. The van der Waals surface area contributed by atoms with E-state index in [0.29, 0.717) is 6.42 Å². The van der Waals surface area contributed by atoms with Crippen LogP contribution in [0.15, 0.2) is 78.2 Å². The van der Waals surface area contributed by atoms with Gasteiger partial charge in [-0.15, -0.1) is 0 Å². The van der Waals surface area contributed by atoms with Crippen molar-refractivity contribution in [2.45, 2.75) is 25.3 Å². The summed E-state index contributed by atoms with van der Waals surface area (Å²) in [6, 6.07) is 20.2. The summed E-state index contributed by atoms with van der Waals surface area (Å²) < 4.78 is 0. The van der Waals surface area contributed by atoms with E-state index in [1.807, 2.05) is 32.3 Å². The lowest BCUT2D eigenvalue weighted by molar-refractivity contribution is 0.592. The second kappa shape index (κ2) is 8.58. The Labute approximate surface area is 160 Å².